The van der Waals surface area contributed by atoms with E-state index in [2.05, 4.69) is 52.5 Å². The largest absolute Gasteiger partial charge is 0.347 e. The van der Waals surface area contributed by atoms with E-state index >= 15 is 0 Å². The molecule has 27 heavy (non-hydrogen) atoms. The van der Waals surface area contributed by atoms with E-state index in [9.17, 15) is 8.42 Å². The molecule has 0 bridgehead atoms. The van der Waals surface area contributed by atoms with Gasteiger partial charge in [0.15, 0.2) is 0 Å². The van der Waals surface area contributed by atoms with Gasteiger partial charge in [-0.1, -0.05) is 19.9 Å². The third kappa shape index (κ3) is 4.40. The van der Waals surface area contributed by atoms with Crippen LogP contribution in [0.15, 0.2) is 43.1 Å². The topological polar surface area (TPSA) is 72.2 Å². The second-order valence-corrected chi connectivity index (χ2v) is 9.27. The van der Waals surface area contributed by atoms with Crippen molar-refractivity contribution in [2.45, 2.75) is 26.8 Å². The Kier molecular flexibility index (Phi) is 5.69. The number of hydrogen-bond acceptors (Lipinski definition) is 3. The Hall–Kier alpha value is -2.16. The van der Waals surface area contributed by atoms with Crippen LogP contribution in [-0.2, 0) is 23.2 Å². The molecule has 3 rings (SSSR count). The summed E-state index contributed by atoms with van der Waals surface area (Å²) in [4.78, 5) is 4.12. The van der Waals surface area contributed by atoms with Gasteiger partial charge < -0.3 is 9.13 Å². The number of hydrogen-bond donors (Lipinski definition) is 1. The summed E-state index contributed by atoms with van der Waals surface area (Å²) in [5.74, 6) is 0.512. The Labute approximate surface area is 160 Å². The molecule has 0 radical (unpaired) electrons. The SMILES string of the molecule is CC(C)Cn1cc(CCNS(=O)(=O)N(C)C)c2ccc(-n3ccnc3)cc21. The lowest BCUT2D eigenvalue weighted by molar-refractivity contribution is 0.506. The van der Waals surface area contributed by atoms with Crippen LogP contribution in [0.4, 0.5) is 0 Å². The van der Waals surface area contributed by atoms with Crippen molar-refractivity contribution in [3.63, 3.8) is 0 Å². The highest BCUT2D eigenvalue weighted by Crippen LogP contribution is 2.25. The van der Waals surface area contributed by atoms with E-state index in [-0.39, 0.29) is 0 Å². The van der Waals surface area contributed by atoms with Crippen LogP contribution in [0.3, 0.4) is 0 Å². The van der Waals surface area contributed by atoms with Gasteiger partial charge in [-0.3, -0.25) is 0 Å². The molecule has 3 aromatic rings. The average Bonchev–Trinajstić information content (AvgIpc) is 3.23. The normalized spacial score (nSPS) is 12.5. The molecule has 1 N–H and O–H groups in total. The first kappa shape index (κ1) is 19.6. The molecule has 0 unspecified atom stereocenters. The zero-order valence-electron chi connectivity index (χ0n) is 16.3. The predicted octanol–water partition coefficient (Wildman–Crippen LogP) is 2.42. The number of nitrogens with zero attached hydrogens (tertiary/aromatic N) is 4. The van der Waals surface area contributed by atoms with E-state index < -0.39 is 10.2 Å². The molecule has 146 valence electrons. The van der Waals surface area contributed by atoms with Crippen molar-refractivity contribution in [3.05, 3.63) is 48.7 Å². The number of aromatic nitrogens is 3. The molecular weight excluding hydrogens is 362 g/mol. The number of imidazole rings is 1. The molecule has 1 aromatic carbocycles. The number of rotatable bonds is 8. The van der Waals surface area contributed by atoms with E-state index in [0.717, 1.165) is 28.7 Å². The second-order valence-electron chi connectivity index (χ2n) is 7.30. The van der Waals surface area contributed by atoms with E-state index in [4.69, 9.17) is 0 Å². The lowest BCUT2D eigenvalue weighted by atomic mass is 10.1. The van der Waals surface area contributed by atoms with Crippen molar-refractivity contribution in [2.24, 2.45) is 5.92 Å². The summed E-state index contributed by atoms with van der Waals surface area (Å²) in [5, 5.41) is 1.16. The summed E-state index contributed by atoms with van der Waals surface area (Å²) in [6.07, 6.45) is 8.26. The Balaban J connectivity index is 1.91. The smallest absolute Gasteiger partial charge is 0.278 e. The van der Waals surface area contributed by atoms with E-state index in [1.165, 1.54) is 18.4 Å². The first-order chi connectivity index (χ1) is 12.8. The van der Waals surface area contributed by atoms with Crippen LogP contribution in [0.1, 0.15) is 19.4 Å². The van der Waals surface area contributed by atoms with Crippen LogP contribution in [0, 0.1) is 5.92 Å². The van der Waals surface area contributed by atoms with Crippen molar-refractivity contribution in [1.29, 1.82) is 0 Å². The third-order valence-electron chi connectivity index (χ3n) is 4.47. The van der Waals surface area contributed by atoms with Crippen LogP contribution in [-0.4, -0.2) is 47.5 Å². The Morgan fingerprint density at radius 1 is 1.26 bits per heavy atom. The molecule has 0 aliphatic carbocycles. The maximum Gasteiger partial charge on any atom is 0.278 e. The van der Waals surface area contributed by atoms with Crippen molar-refractivity contribution in [3.8, 4) is 5.69 Å². The fourth-order valence-corrected chi connectivity index (χ4v) is 3.73. The van der Waals surface area contributed by atoms with Crippen molar-refractivity contribution >= 4 is 21.1 Å². The highest BCUT2D eigenvalue weighted by atomic mass is 32.2. The van der Waals surface area contributed by atoms with Gasteiger partial charge in [0.05, 0.1) is 11.8 Å². The molecule has 0 atom stereocenters. The van der Waals surface area contributed by atoms with Gasteiger partial charge >= 0.3 is 0 Å². The molecule has 0 aliphatic rings. The van der Waals surface area contributed by atoms with Crippen LogP contribution >= 0.6 is 0 Å². The number of fused-ring (bicyclic) bond motifs is 1. The lowest BCUT2D eigenvalue weighted by Gasteiger charge is -2.11. The zero-order chi connectivity index (χ0) is 19.6. The zero-order valence-corrected chi connectivity index (χ0v) is 17.1. The van der Waals surface area contributed by atoms with Crippen LogP contribution in [0.5, 0.6) is 0 Å². The van der Waals surface area contributed by atoms with E-state index in [1.807, 2.05) is 10.8 Å². The number of nitrogens with one attached hydrogen (secondary N) is 1. The first-order valence-electron chi connectivity index (χ1n) is 9.05. The minimum atomic E-state index is -3.40. The fourth-order valence-electron chi connectivity index (χ4n) is 3.12. The van der Waals surface area contributed by atoms with Gasteiger partial charge in [-0.2, -0.15) is 12.7 Å². The van der Waals surface area contributed by atoms with Crippen LogP contribution in [0.2, 0.25) is 0 Å². The maximum absolute atomic E-state index is 11.9. The van der Waals surface area contributed by atoms with Gasteiger partial charge in [0.1, 0.15) is 0 Å². The highest BCUT2D eigenvalue weighted by Gasteiger charge is 2.14. The van der Waals surface area contributed by atoms with E-state index in [1.54, 1.807) is 12.5 Å². The Morgan fingerprint density at radius 2 is 2.04 bits per heavy atom. The van der Waals surface area contributed by atoms with Crippen LogP contribution in [0.25, 0.3) is 16.6 Å². The number of benzene rings is 1. The molecule has 7 nitrogen and oxygen atoms in total. The van der Waals surface area contributed by atoms with Crippen molar-refractivity contribution in [1.82, 2.24) is 23.1 Å². The molecule has 2 heterocycles. The Bertz CT molecular complexity index is 1000. The summed E-state index contributed by atoms with van der Waals surface area (Å²) in [5.41, 5.74) is 3.35. The maximum atomic E-state index is 11.9. The minimum Gasteiger partial charge on any atom is -0.347 e. The highest BCUT2D eigenvalue weighted by molar-refractivity contribution is 7.87. The van der Waals surface area contributed by atoms with Gasteiger partial charge in [0.25, 0.3) is 10.2 Å². The Morgan fingerprint density at radius 3 is 2.67 bits per heavy atom. The van der Waals surface area contributed by atoms with Gasteiger partial charge in [-0.25, -0.2) is 9.71 Å². The quantitative estimate of drug-likeness (QED) is 0.643. The lowest BCUT2D eigenvalue weighted by Crippen LogP contribution is -2.36. The summed E-state index contributed by atoms with van der Waals surface area (Å²) in [7, 11) is -0.359. The first-order valence-corrected chi connectivity index (χ1v) is 10.5. The monoisotopic (exact) mass is 389 g/mol. The molecule has 0 aliphatic heterocycles. The molecule has 8 heteroatoms. The van der Waals surface area contributed by atoms with Gasteiger partial charge in [-0.05, 0) is 30.0 Å². The molecule has 0 spiro atoms. The predicted molar refractivity (Wildman–Crippen MR) is 108 cm³/mol. The van der Waals surface area contributed by atoms with Gasteiger partial charge in [-0.15, -0.1) is 0 Å². The fraction of sp³-hybridized carbons (Fsp3) is 0.421. The molecule has 2 aromatic heterocycles. The van der Waals surface area contributed by atoms with Gasteiger partial charge in [0.2, 0.25) is 0 Å². The van der Waals surface area contributed by atoms with Crippen molar-refractivity contribution in [2.75, 3.05) is 20.6 Å². The van der Waals surface area contributed by atoms with Gasteiger partial charge in [0, 0.05) is 56.8 Å². The average molecular weight is 390 g/mol. The minimum absolute atomic E-state index is 0.366. The van der Waals surface area contributed by atoms with Crippen LogP contribution < -0.4 is 4.72 Å². The molecule has 0 saturated heterocycles. The molecule has 0 fully saturated rings. The summed E-state index contributed by atoms with van der Waals surface area (Å²) in [6.45, 7) is 5.66. The summed E-state index contributed by atoms with van der Waals surface area (Å²) < 4.78 is 31.9. The molecule has 0 saturated carbocycles. The standard InChI is InChI=1S/C19H27N5O2S/c1-15(2)12-24-13-16(7-8-21-27(25,26)22(3)4)18-6-5-17(11-19(18)24)23-10-9-20-14-23/h5-6,9-11,13-15,21H,7-8,12H2,1-4H3. The molecular formula is C19H27N5O2S. The second kappa shape index (κ2) is 7.84. The molecule has 0 amide bonds. The van der Waals surface area contributed by atoms with Crippen molar-refractivity contribution < 1.29 is 8.42 Å². The van der Waals surface area contributed by atoms with E-state index in [0.29, 0.717) is 18.9 Å². The third-order valence-corrected chi connectivity index (χ3v) is 6.00. The summed E-state index contributed by atoms with van der Waals surface area (Å²) in [6, 6.07) is 6.33. The summed E-state index contributed by atoms with van der Waals surface area (Å²) >= 11 is 0.